The Hall–Kier alpha value is -1.96. The zero-order valence-corrected chi connectivity index (χ0v) is 10.7. The largest absolute Gasteiger partial charge is 0.323 e. The number of hydrogen-bond donors (Lipinski definition) is 2. The molecule has 8 heteroatoms. The van der Waals surface area contributed by atoms with Gasteiger partial charge in [-0.1, -0.05) is 11.8 Å². The minimum Gasteiger partial charge on any atom is -0.323 e. The number of H-pyrrole nitrogens is 1. The normalized spacial score (nSPS) is 10.5. The fraction of sp³-hybridized carbons (Fsp3) is 0.182. The van der Waals surface area contributed by atoms with Crippen LogP contribution in [0.5, 0.6) is 0 Å². The number of nitrogens with one attached hydrogen (secondary N) is 2. The van der Waals surface area contributed by atoms with E-state index in [1.54, 1.807) is 6.92 Å². The molecule has 5 nitrogen and oxygen atoms in total. The van der Waals surface area contributed by atoms with Gasteiger partial charge in [-0.3, -0.25) is 9.89 Å². The van der Waals surface area contributed by atoms with E-state index in [0.29, 0.717) is 11.0 Å². The highest BCUT2D eigenvalue weighted by molar-refractivity contribution is 7.99. The van der Waals surface area contributed by atoms with E-state index >= 15 is 0 Å². The standard InChI is InChI=1S/C11H10F2N4OS/c1-6-14-11(17-16-6)19-5-10(18)15-9-4-7(12)2-3-8(9)13/h2-4H,5H2,1H3,(H,15,18)(H,14,16,17). The van der Waals surface area contributed by atoms with E-state index in [-0.39, 0.29) is 11.4 Å². The first kappa shape index (κ1) is 13.5. The number of thioether (sulfide) groups is 1. The Balaban J connectivity index is 1.92. The number of carbonyl (C=O) groups is 1. The summed E-state index contributed by atoms with van der Waals surface area (Å²) >= 11 is 1.10. The number of amides is 1. The summed E-state index contributed by atoms with van der Waals surface area (Å²) in [4.78, 5) is 15.6. The fourth-order valence-corrected chi connectivity index (χ4v) is 1.94. The number of aromatic nitrogens is 3. The summed E-state index contributed by atoms with van der Waals surface area (Å²) in [7, 11) is 0. The Morgan fingerprint density at radius 2 is 2.26 bits per heavy atom. The third kappa shape index (κ3) is 3.75. The van der Waals surface area contributed by atoms with Gasteiger partial charge in [0.2, 0.25) is 11.1 Å². The highest BCUT2D eigenvalue weighted by Crippen LogP contribution is 2.17. The monoisotopic (exact) mass is 284 g/mol. The van der Waals surface area contributed by atoms with Crippen LogP contribution in [0.2, 0.25) is 0 Å². The van der Waals surface area contributed by atoms with E-state index in [2.05, 4.69) is 20.5 Å². The first-order valence-electron chi connectivity index (χ1n) is 5.31. The molecule has 0 fully saturated rings. The minimum atomic E-state index is -0.687. The number of anilines is 1. The van der Waals surface area contributed by atoms with Crippen molar-refractivity contribution < 1.29 is 13.6 Å². The molecule has 2 rings (SSSR count). The van der Waals surface area contributed by atoms with Crippen LogP contribution < -0.4 is 5.32 Å². The SMILES string of the molecule is Cc1nc(SCC(=O)Nc2cc(F)ccc2F)n[nH]1. The van der Waals surface area contributed by atoms with Crippen LogP contribution in [0.15, 0.2) is 23.4 Å². The first-order valence-corrected chi connectivity index (χ1v) is 6.30. The van der Waals surface area contributed by atoms with Crippen molar-refractivity contribution in [3.8, 4) is 0 Å². The fourth-order valence-electron chi connectivity index (χ4n) is 1.30. The van der Waals surface area contributed by atoms with E-state index in [1.807, 2.05) is 0 Å². The Kier molecular flexibility index (Phi) is 4.10. The number of carbonyl (C=O) groups excluding carboxylic acids is 1. The number of benzene rings is 1. The zero-order chi connectivity index (χ0) is 13.8. The predicted octanol–water partition coefficient (Wildman–Crippen LogP) is 2.12. The summed E-state index contributed by atoms with van der Waals surface area (Å²) in [6, 6.07) is 2.86. The van der Waals surface area contributed by atoms with Gasteiger partial charge in [0, 0.05) is 6.07 Å². The maximum atomic E-state index is 13.3. The smallest absolute Gasteiger partial charge is 0.234 e. The zero-order valence-electron chi connectivity index (χ0n) is 9.91. The molecule has 0 aliphatic rings. The molecule has 100 valence electrons. The molecule has 0 spiro atoms. The van der Waals surface area contributed by atoms with Crippen molar-refractivity contribution in [2.45, 2.75) is 12.1 Å². The highest BCUT2D eigenvalue weighted by Gasteiger charge is 2.10. The molecule has 0 aliphatic carbocycles. The van der Waals surface area contributed by atoms with Crippen molar-refractivity contribution in [1.29, 1.82) is 0 Å². The molecule has 1 aromatic carbocycles. The number of aromatic amines is 1. The average Bonchev–Trinajstić information content (AvgIpc) is 2.77. The van der Waals surface area contributed by atoms with E-state index < -0.39 is 17.5 Å². The van der Waals surface area contributed by atoms with Crippen molar-refractivity contribution in [3.63, 3.8) is 0 Å². The quantitative estimate of drug-likeness (QED) is 0.844. The van der Waals surface area contributed by atoms with E-state index in [1.165, 1.54) is 0 Å². The molecule has 0 bridgehead atoms. The Morgan fingerprint density at radius 1 is 1.47 bits per heavy atom. The summed E-state index contributed by atoms with van der Waals surface area (Å²) in [5.74, 6) is -1.12. The number of aryl methyl sites for hydroxylation is 1. The van der Waals surface area contributed by atoms with Gasteiger partial charge < -0.3 is 5.32 Å². The van der Waals surface area contributed by atoms with Crippen LogP contribution in [0.25, 0.3) is 0 Å². The molecule has 0 radical (unpaired) electrons. The predicted molar refractivity (Wildman–Crippen MR) is 66.8 cm³/mol. The minimum absolute atomic E-state index is 0.00719. The van der Waals surface area contributed by atoms with Crippen LogP contribution in [-0.4, -0.2) is 26.8 Å². The van der Waals surface area contributed by atoms with Gasteiger partial charge in [-0.25, -0.2) is 13.8 Å². The number of halogens is 2. The first-order chi connectivity index (χ1) is 9.04. The van der Waals surface area contributed by atoms with Crippen LogP contribution in [0.3, 0.4) is 0 Å². The molecule has 0 aliphatic heterocycles. The molecule has 2 N–H and O–H groups in total. The lowest BCUT2D eigenvalue weighted by Gasteiger charge is -2.05. The molecule has 19 heavy (non-hydrogen) atoms. The van der Waals surface area contributed by atoms with Gasteiger partial charge >= 0.3 is 0 Å². The van der Waals surface area contributed by atoms with Crippen molar-refractivity contribution in [1.82, 2.24) is 15.2 Å². The Morgan fingerprint density at radius 3 is 2.95 bits per heavy atom. The summed E-state index contributed by atoms with van der Waals surface area (Å²) in [5, 5.41) is 9.19. The second-order valence-electron chi connectivity index (χ2n) is 3.66. The van der Waals surface area contributed by atoms with Crippen LogP contribution in [-0.2, 0) is 4.79 Å². The number of nitrogens with zero attached hydrogens (tertiary/aromatic N) is 2. The maximum absolute atomic E-state index is 13.3. The van der Waals surface area contributed by atoms with Crippen molar-refractivity contribution in [2.24, 2.45) is 0 Å². The molecule has 0 saturated carbocycles. The molecular weight excluding hydrogens is 274 g/mol. The lowest BCUT2D eigenvalue weighted by Crippen LogP contribution is -2.15. The topological polar surface area (TPSA) is 70.7 Å². The lowest BCUT2D eigenvalue weighted by atomic mass is 10.3. The Labute approximate surface area is 111 Å². The molecule has 1 aromatic heterocycles. The van der Waals surface area contributed by atoms with Gasteiger partial charge in [0.05, 0.1) is 11.4 Å². The van der Waals surface area contributed by atoms with Crippen LogP contribution in [0.1, 0.15) is 5.82 Å². The van der Waals surface area contributed by atoms with E-state index in [0.717, 1.165) is 30.0 Å². The average molecular weight is 284 g/mol. The molecule has 0 unspecified atom stereocenters. The summed E-state index contributed by atoms with van der Waals surface area (Å²) in [5.41, 5.74) is -0.184. The van der Waals surface area contributed by atoms with Crippen LogP contribution in [0.4, 0.5) is 14.5 Å². The van der Waals surface area contributed by atoms with Crippen LogP contribution in [0, 0.1) is 18.6 Å². The number of rotatable bonds is 4. The van der Waals surface area contributed by atoms with Crippen LogP contribution >= 0.6 is 11.8 Å². The van der Waals surface area contributed by atoms with Gasteiger partial charge in [0.25, 0.3) is 0 Å². The highest BCUT2D eigenvalue weighted by atomic mass is 32.2. The molecule has 2 aromatic rings. The summed E-state index contributed by atoms with van der Waals surface area (Å²) in [6.07, 6.45) is 0. The molecule has 0 atom stereocenters. The van der Waals surface area contributed by atoms with Crippen molar-refractivity contribution in [2.75, 3.05) is 11.1 Å². The van der Waals surface area contributed by atoms with Gasteiger partial charge in [-0.15, -0.1) is 5.10 Å². The lowest BCUT2D eigenvalue weighted by molar-refractivity contribution is -0.113. The second-order valence-corrected chi connectivity index (χ2v) is 4.61. The van der Waals surface area contributed by atoms with Gasteiger partial charge in [-0.2, -0.15) is 0 Å². The summed E-state index contributed by atoms with van der Waals surface area (Å²) < 4.78 is 26.2. The molecular formula is C11H10F2N4OS. The van der Waals surface area contributed by atoms with E-state index in [9.17, 15) is 13.6 Å². The number of hydrogen-bond acceptors (Lipinski definition) is 4. The van der Waals surface area contributed by atoms with Gasteiger partial charge in [0.1, 0.15) is 17.5 Å². The van der Waals surface area contributed by atoms with Crippen molar-refractivity contribution >= 4 is 23.4 Å². The second kappa shape index (κ2) is 5.79. The third-order valence-electron chi connectivity index (χ3n) is 2.11. The molecule has 0 saturated heterocycles. The summed E-state index contributed by atoms with van der Waals surface area (Å²) in [6.45, 7) is 1.74. The third-order valence-corrected chi connectivity index (χ3v) is 2.96. The van der Waals surface area contributed by atoms with Gasteiger partial charge in [0.15, 0.2) is 0 Å². The van der Waals surface area contributed by atoms with E-state index in [4.69, 9.17) is 0 Å². The molecule has 1 heterocycles. The van der Waals surface area contributed by atoms with Gasteiger partial charge in [-0.05, 0) is 19.1 Å². The molecule has 1 amide bonds. The van der Waals surface area contributed by atoms with Crippen molar-refractivity contribution in [3.05, 3.63) is 35.7 Å². The Bertz CT molecular complexity index is 602. The maximum Gasteiger partial charge on any atom is 0.234 e.